The number of anilines is 1. The van der Waals surface area contributed by atoms with Crippen molar-refractivity contribution >= 4 is 11.6 Å². The Kier molecular flexibility index (Phi) is 5.63. The molecule has 1 unspecified atom stereocenters. The highest BCUT2D eigenvalue weighted by Crippen LogP contribution is 2.29. The summed E-state index contributed by atoms with van der Waals surface area (Å²) in [5, 5.41) is 11.6. The van der Waals surface area contributed by atoms with E-state index in [9.17, 15) is 4.79 Å². The maximum atomic E-state index is 12.3. The Morgan fingerprint density at radius 1 is 1.12 bits per heavy atom. The van der Waals surface area contributed by atoms with Gasteiger partial charge in [0.25, 0.3) is 5.91 Å². The normalized spacial score (nSPS) is 11.1. The van der Waals surface area contributed by atoms with Gasteiger partial charge < -0.3 is 19.5 Å². The molecule has 1 amide bonds. The summed E-state index contributed by atoms with van der Waals surface area (Å²) in [6.45, 7) is 1.63. The lowest BCUT2D eigenvalue weighted by molar-refractivity contribution is -0.122. The molecule has 0 aliphatic carbocycles. The van der Waals surface area contributed by atoms with E-state index < -0.39 is 6.10 Å². The molecule has 0 fully saturated rings. The highest BCUT2D eigenvalue weighted by atomic mass is 16.5. The Morgan fingerprint density at radius 2 is 1.92 bits per heavy atom. The van der Waals surface area contributed by atoms with Gasteiger partial charge in [0, 0.05) is 6.07 Å². The summed E-state index contributed by atoms with van der Waals surface area (Å²) in [5.41, 5.74) is 0.987. The minimum Gasteiger partial charge on any atom is -0.497 e. The summed E-state index contributed by atoms with van der Waals surface area (Å²) < 4.78 is 15.9. The lowest BCUT2D eigenvalue weighted by atomic mass is 10.2. The van der Waals surface area contributed by atoms with Gasteiger partial charge in [-0.25, -0.2) is 0 Å². The summed E-state index contributed by atoms with van der Waals surface area (Å²) in [6, 6.07) is 13.8. The molecule has 0 aromatic heterocycles. The molecule has 0 aliphatic heterocycles. The van der Waals surface area contributed by atoms with Gasteiger partial charge in [-0.3, -0.25) is 4.79 Å². The van der Waals surface area contributed by atoms with Gasteiger partial charge in [-0.05, 0) is 37.3 Å². The van der Waals surface area contributed by atoms with Gasteiger partial charge in [-0.1, -0.05) is 6.07 Å². The first kappa shape index (κ1) is 17.2. The molecule has 124 valence electrons. The summed E-state index contributed by atoms with van der Waals surface area (Å²) >= 11 is 0. The molecule has 0 aliphatic rings. The fourth-order valence-corrected chi connectivity index (χ4v) is 2.03. The van der Waals surface area contributed by atoms with Crippen LogP contribution in [0.2, 0.25) is 0 Å². The zero-order chi connectivity index (χ0) is 17.5. The fourth-order valence-electron chi connectivity index (χ4n) is 2.03. The molecule has 0 heterocycles. The third-order valence-corrected chi connectivity index (χ3v) is 3.31. The summed E-state index contributed by atoms with van der Waals surface area (Å²) in [6.07, 6.45) is -0.745. The smallest absolute Gasteiger partial charge is 0.265 e. The van der Waals surface area contributed by atoms with Gasteiger partial charge in [0.05, 0.1) is 31.5 Å². The van der Waals surface area contributed by atoms with Gasteiger partial charge in [-0.15, -0.1) is 0 Å². The molecular weight excluding hydrogens is 308 g/mol. The fraction of sp³-hybridized carbons (Fsp3) is 0.222. The second kappa shape index (κ2) is 7.88. The molecule has 2 aromatic rings. The predicted octanol–water partition coefficient (Wildman–Crippen LogP) is 2.98. The first-order valence-corrected chi connectivity index (χ1v) is 7.27. The van der Waals surface area contributed by atoms with Crippen LogP contribution in [0.3, 0.4) is 0 Å². The zero-order valence-electron chi connectivity index (χ0n) is 13.7. The second-order valence-corrected chi connectivity index (χ2v) is 4.96. The lowest BCUT2D eigenvalue weighted by Crippen LogP contribution is -2.30. The highest BCUT2D eigenvalue weighted by Gasteiger charge is 2.17. The van der Waals surface area contributed by atoms with E-state index >= 15 is 0 Å². The molecular formula is C18H18N2O4. The number of rotatable bonds is 6. The number of hydrogen-bond donors (Lipinski definition) is 1. The average molecular weight is 326 g/mol. The lowest BCUT2D eigenvalue weighted by Gasteiger charge is -2.16. The topological polar surface area (TPSA) is 80.6 Å². The molecule has 0 radical (unpaired) electrons. The van der Waals surface area contributed by atoms with Crippen molar-refractivity contribution in [3.8, 4) is 23.3 Å². The third kappa shape index (κ3) is 4.17. The molecule has 6 nitrogen and oxygen atoms in total. The number of methoxy groups -OCH3 is 2. The number of hydrogen-bond acceptors (Lipinski definition) is 5. The van der Waals surface area contributed by atoms with Crippen molar-refractivity contribution in [3.63, 3.8) is 0 Å². The van der Waals surface area contributed by atoms with Crippen LogP contribution in [-0.2, 0) is 4.79 Å². The van der Waals surface area contributed by atoms with E-state index in [1.54, 1.807) is 56.5 Å². The number of nitriles is 1. The van der Waals surface area contributed by atoms with Crippen molar-refractivity contribution in [2.24, 2.45) is 0 Å². The first-order chi connectivity index (χ1) is 11.6. The van der Waals surface area contributed by atoms with Crippen molar-refractivity contribution < 1.29 is 19.0 Å². The number of carbonyl (C=O) groups is 1. The van der Waals surface area contributed by atoms with E-state index in [4.69, 9.17) is 19.5 Å². The molecule has 6 heteroatoms. The maximum absolute atomic E-state index is 12.3. The Bertz CT molecular complexity index is 768. The van der Waals surface area contributed by atoms with Crippen molar-refractivity contribution in [2.45, 2.75) is 13.0 Å². The number of carbonyl (C=O) groups excluding carboxylic acids is 1. The number of nitrogens with zero attached hydrogens (tertiary/aromatic N) is 1. The van der Waals surface area contributed by atoms with Gasteiger partial charge in [0.2, 0.25) is 0 Å². The molecule has 0 spiro atoms. The average Bonchev–Trinajstić information content (AvgIpc) is 2.62. The van der Waals surface area contributed by atoms with Gasteiger partial charge in [0.15, 0.2) is 6.10 Å². The number of ether oxygens (including phenoxy) is 3. The van der Waals surface area contributed by atoms with Gasteiger partial charge >= 0.3 is 0 Å². The van der Waals surface area contributed by atoms with Crippen LogP contribution in [0, 0.1) is 11.3 Å². The van der Waals surface area contributed by atoms with Crippen LogP contribution in [0.15, 0.2) is 42.5 Å². The van der Waals surface area contributed by atoms with Crippen molar-refractivity contribution in [1.82, 2.24) is 0 Å². The van der Waals surface area contributed by atoms with E-state index in [1.807, 2.05) is 6.07 Å². The van der Waals surface area contributed by atoms with Crippen molar-refractivity contribution in [3.05, 3.63) is 48.0 Å². The Morgan fingerprint density at radius 3 is 2.58 bits per heavy atom. The van der Waals surface area contributed by atoms with Gasteiger partial charge in [-0.2, -0.15) is 5.26 Å². The van der Waals surface area contributed by atoms with Crippen molar-refractivity contribution in [1.29, 1.82) is 5.26 Å². The molecule has 2 aromatic carbocycles. The Balaban J connectivity index is 2.07. The van der Waals surface area contributed by atoms with Crippen LogP contribution in [0.25, 0.3) is 0 Å². The monoisotopic (exact) mass is 326 g/mol. The number of nitrogens with one attached hydrogen (secondary N) is 1. The molecule has 0 saturated heterocycles. The van der Waals surface area contributed by atoms with Crippen LogP contribution in [0.4, 0.5) is 5.69 Å². The van der Waals surface area contributed by atoms with Crippen LogP contribution in [0.5, 0.6) is 17.2 Å². The predicted molar refractivity (Wildman–Crippen MR) is 89.4 cm³/mol. The minimum absolute atomic E-state index is 0.333. The van der Waals surface area contributed by atoms with E-state index in [1.165, 1.54) is 7.11 Å². The molecule has 1 N–H and O–H groups in total. The molecule has 1 atom stereocenters. The van der Waals surface area contributed by atoms with Crippen molar-refractivity contribution in [2.75, 3.05) is 19.5 Å². The van der Waals surface area contributed by atoms with E-state index in [0.29, 0.717) is 28.5 Å². The SMILES string of the molecule is COc1ccc(NC(=O)C(C)Oc2cccc(C#N)c2)c(OC)c1. The largest absolute Gasteiger partial charge is 0.497 e. The molecule has 24 heavy (non-hydrogen) atoms. The first-order valence-electron chi connectivity index (χ1n) is 7.27. The van der Waals surface area contributed by atoms with Gasteiger partial charge in [0.1, 0.15) is 17.2 Å². The standard InChI is InChI=1S/C18H18N2O4/c1-12(24-15-6-4-5-13(9-15)11-19)18(21)20-16-8-7-14(22-2)10-17(16)23-3/h4-10,12H,1-3H3,(H,20,21). The summed E-state index contributed by atoms with van der Waals surface area (Å²) in [5.74, 6) is 1.24. The minimum atomic E-state index is -0.745. The van der Waals surface area contributed by atoms with E-state index in [2.05, 4.69) is 5.32 Å². The zero-order valence-corrected chi connectivity index (χ0v) is 13.7. The van der Waals surface area contributed by atoms with Crippen LogP contribution >= 0.6 is 0 Å². The summed E-state index contributed by atoms with van der Waals surface area (Å²) in [7, 11) is 3.07. The second-order valence-electron chi connectivity index (χ2n) is 4.96. The summed E-state index contributed by atoms with van der Waals surface area (Å²) in [4.78, 5) is 12.3. The Hall–Kier alpha value is -3.20. The quantitative estimate of drug-likeness (QED) is 0.882. The molecule has 2 rings (SSSR count). The van der Waals surface area contributed by atoms with Crippen LogP contribution in [-0.4, -0.2) is 26.2 Å². The molecule has 0 saturated carbocycles. The highest BCUT2D eigenvalue weighted by molar-refractivity contribution is 5.95. The Labute approximate surface area is 140 Å². The van der Waals surface area contributed by atoms with E-state index in [0.717, 1.165) is 0 Å². The number of amides is 1. The number of benzene rings is 2. The van der Waals surface area contributed by atoms with Crippen LogP contribution < -0.4 is 19.5 Å². The molecule has 0 bridgehead atoms. The maximum Gasteiger partial charge on any atom is 0.265 e. The third-order valence-electron chi connectivity index (χ3n) is 3.31. The van der Waals surface area contributed by atoms with E-state index in [-0.39, 0.29) is 5.91 Å². The van der Waals surface area contributed by atoms with Crippen LogP contribution in [0.1, 0.15) is 12.5 Å².